The molecule has 8 nitrogen and oxygen atoms in total. The van der Waals surface area contributed by atoms with E-state index in [1.54, 1.807) is 12.4 Å². The lowest BCUT2D eigenvalue weighted by atomic mass is 10.1. The SMILES string of the molecule is CC(C)C=O.CNc1ccc2nccc(Oc3ccc(CC(=O)Nc4cnn(C(C)(C)C)c4)cc3C)c2c1. The number of aryl methyl sites for hydroxylation is 1. The molecule has 0 bridgehead atoms. The Kier molecular flexibility index (Phi) is 9.23. The summed E-state index contributed by atoms with van der Waals surface area (Å²) in [5.74, 6) is 1.60. The maximum atomic E-state index is 12.5. The lowest BCUT2D eigenvalue weighted by molar-refractivity contribution is -0.115. The normalized spacial score (nSPS) is 11.1. The van der Waals surface area contributed by atoms with Crippen LogP contribution in [0.1, 0.15) is 45.7 Å². The molecule has 1 amide bonds. The van der Waals surface area contributed by atoms with Crippen LogP contribution in [0.5, 0.6) is 11.5 Å². The second-order valence-electron chi connectivity index (χ2n) is 10.4. The van der Waals surface area contributed by atoms with Gasteiger partial charge in [-0.25, -0.2) is 0 Å². The fourth-order valence-corrected chi connectivity index (χ4v) is 3.56. The number of carbonyl (C=O) groups is 2. The molecule has 200 valence electrons. The summed E-state index contributed by atoms with van der Waals surface area (Å²) in [6.07, 6.45) is 6.44. The number of nitrogens with one attached hydrogen (secondary N) is 2. The van der Waals surface area contributed by atoms with E-state index >= 15 is 0 Å². The Bertz CT molecular complexity index is 1400. The lowest BCUT2D eigenvalue weighted by Crippen LogP contribution is -2.22. The van der Waals surface area contributed by atoms with Gasteiger partial charge >= 0.3 is 0 Å². The van der Waals surface area contributed by atoms with Crippen molar-refractivity contribution in [3.63, 3.8) is 0 Å². The molecule has 4 aromatic rings. The summed E-state index contributed by atoms with van der Waals surface area (Å²) < 4.78 is 8.07. The standard InChI is InChI=1S/C26H29N5O2.C4H8O/c1-17-12-18(13-25(32)30-20-15-29-31(16-20)26(2,3)4)6-9-23(17)33-24-10-11-28-22-8-7-19(27-5)14-21(22)24;1-4(2)3-5/h6-12,14-16,27H,13H2,1-5H3,(H,30,32);3-4H,1-2H3. The van der Waals surface area contributed by atoms with Crippen LogP contribution in [-0.2, 0) is 21.5 Å². The molecule has 2 aromatic carbocycles. The predicted molar refractivity (Wildman–Crippen MR) is 153 cm³/mol. The fraction of sp³-hybridized carbons (Fsp3) is 0.333. The minimum atomic E-state index is -0.134. The summed E-state index contributed by atoms with van der Waals surface area (Å²) in [5, 5.41) is 11.3. The first-order chi connectivity index (χ1) is 18.0. The van der Waals surface area contributed by atoms with Gasteiger partial charge in [0.05, 0.1) is 29.4 Å². The van der Waals surface area contributed by atoms with Gasteiger partial charge < -0.3 is 20.2 Å². The highest BCUT2D eigenvalue weighted by Crippen LogP contribution is 2.32. The number of aromatic nitrogens is 3. The van der Waals surface area contributed by atoms with Crippen molar-refractivity contribution < 1.29 is 14.3 Å². The van der Waals surface area contributed by atoms with E-state index < -0.39 is 0 Å². The topological polar surface area (TPSA) is 98.1 Å². The first kappa shape index (κ1) is 28.4. The highest BCUT2D eigenvalue weighted by Gasteiger charge is 2.15. The molecule has 2 aromatic heterocycles. The third-order valence-corrected chi connectivity index (χ3v) is 5.64. The molecule has 38 heavy (non-hydrogen) atoms. The molecule has 0 spiro atoms. The van der Waals surface area contributed by atoms with E-state index in [1.165, 1.54) is 0 Å². The number of hydrogen-bond acceptors (Lipinski definition) is 6. The van der Waals surface area contributed by atoms with E-state index in [4.69, 9.17) is 4.74 Å². The number of pyridine rings is 1. The van der Waals surface area contributed by atoms with Gasteiger partial charge in [0.1, 0.15) is 17.8 Å². The second kappa shape index (κ2) is 12.4. The van der Waals surface area contributed by atoms with Gasteiger partial charge in [-0.15, -0.1) is 0 Å². The second-order valence-corrected chi connectivity index (χ2v) is 10.4. The van der Waals surface area contributed by atoms with E-state index in [-0.39, 0.29) is 23.8 Å². The summed E-state index contributed by atoms with van der Waals surface area (Å²) in [6.45, 7) is 11.9. The molecule has 0 unspecified atom stereocenters. The van der Waals surface area contributed by atoms with Gasteiger partial charge in [-0.2, -0.15) is 5.10 Å². The molecule has 0 fully saturated rings. The van der Waals surface area contributed by atoms with Crippen LogP contribution < -0.4 is 15.4 Å². The van der Waals surface area contributed by atoms with Crippen LogP contribution in [0.25, 0.3) is 10.9 Å². The van der Waals surface area contributed by atoms with Crippen molar-refractivity contribution in [2.45, 2.75) is 53.5 Å². The number of fused-ring (bicyclic) bond motifs is 1. The van der Waals surface area contributed by atoms with Crippen molar-refractivity contribution in [2.24, 2.45) is 5.92 Å². The zero-order chi connectivity index (χ0) is 27.9. The van der Waals surface area contributed by atoms with Gasteiger partial charge in [0.25, 0.3) is 0 Å². The summed E-state index contributed by atoms with van der Waals surface area (Å²) in [4.78, 5) is 26.5. The fourth-order valence-electron chi connectivity index (χ4n) is 3.56. The van der Waals surface area contributed by atoms with E-state index in [9.17, 15) is 9.59 Å². The Labute approximate surface area is 224 Å². The minimum Gasteiger partial charge on any atom is -0.456 e. The van der Waals surface area contributed by atoms with Crippen LogP contribution in [0, 0.1) is 12.8 Å². The van der Waals surface area contributed by atoms with Gasteiger partial charge in [-0.1, -0.05) is 26.0 Å². The number of benzene rings is 2. The molecular formula is C30H37N5O3. The maximum absolute atomic E-state index is 12.5. The Morgan fingerprint density at radius 3 is 2.42 bits per heavy atom. The molecule has 0 radical (unpaired) electrons. The smallest absolute Gasteiger partial charge is 0.228 e. The van der Waals surface area contributed by atoms with Gasteiger partial charge in [0.15, 0.2) is 0 Å². The van der Waals surface area contributed by atoms with Crippen LogP contribution in [-0.4, -0.2) is 34.0 Å². The number of amides is 1. The monoisotopic (exact) mass is 515 g/mol. The van der Waals surface area contributed by atoms with E-state index in [0.29, 0.717) is 5.69 Å². The Morgan fingerprint density at radius 2 is 1.82 bits per heavy atom. The van der Waals surface area contributed by atoms with Crippen molar-refractivity contribution in [3.8, 4) is 11.5 Å². The van der Waals surface area contributed by atoms with Crippen molar-refractivity contribution in [3.05, 3.63) is 72.2 Å². The lowest BCUT2D eigenvalue weighted by Gasteiger charge is -2.18. The van der Waals surface area contributed by atoms with Crippen LogP contribution >= 0.6 is 0 Å². The van der Waals surface area contributed by atoms with Gasteiger partial charge in [-0.3, -0.25) is 14.5 Å². The molecule has 2 N–H and O–H groups in total. The molecular weight excluding hydrogens is 478 g/mol. The number of carbonyl (C=O) groups excluding carboxylic acids is 2. The average molecular weight is 516 g/mol. The van der Waals surface area contributed by atoms with Gasteiger partial charge in [0.2, 0.25) is 5.91 Å². The average Bonchev–Trinajstić information content (AvgIpc) is 3.35. The quantitative estimate of drug-likeness (QED) is 0.278. The summed E-state index contributed by atoms with van der Waals surface area (Å²) in [5.41, 5.74) is 4.29. The summed E-state index contributed by atoms with van der Waals surface area (Å²) in [6, 6.07) is 13.6. The van der Waals surface area contributed by atoms with E-state index in [1.807, 2.05) is 81.2 Å². The molecule has 0 aliphatic carbocycles. The predicted octanol–water partition coefficient (Wildman–Crippen LogP) is 6.35. The molecule has 0 saturated carbocycles. The Balaban J connectivity index is 0.000000732. The van der Waals surface area contributed by atoms with Crippen molar-refractivity contribution in [1.82, 2.24) is 14.8 Å². The van der Waals surface area contributed by atoms with Gasteiger partial charge in [-0.05, 0) is 69.2 Å². The van der Waals surface area contributed by atoms with Crippen molar-refractivity contribution >= 4 is 34.5 Å². The van der Waals surface area contributed by atoms with E-state index in [0.717, 1.165) is 45.5 Å². The molecule has 8 heteroatoms. The molecule has 0 aliphatic heterocycles. The first-order valence-corrected chi connectivity index (χ1v) is 12.6. The van der Waals surface area contributed by atoms with Crippen LogP contribution in [0.3, 0.4) is 0 Å². The molecule has 0 atom stereocenters. The number of aldehydes is 1. The number of nitrogens with zero attached hydrogens (tertiary/aromatic N) is 3. The number of anilines is 2. The highest BCUT2D eigenvalue weighted by molar-refractivity contribution is 5.92. The highest BCUT2D eigenvalue weighted by atomic mass is 16.5. The minimum absolute atomic E-state index is 0.0868. The maximum Gasteiger partial charge on any atom is 0.228 e. The van der Waals surface area contributed by atoms with Crippen molar-refractivity contribution in [1.29, 1.82) is 0 Å². The third kappa shape index (κ3) is 7.65. The van der Waals surface area contributed by atoms with Crippen LogP contribution in [0.15, 0.2) is 61.1 Å². The third-order valence-electron chi connectivity index (χ3n) is 5.64. The molecule has 0 saturated heterocycles. The first-order valence-electron chi connectivity index (χ1n) is 12.6. The zero-order valence-corrected chi connectivity index (χ0v) is 23.2. The number of hydrogen-bond donors (Lipinski definition) is 2. The number of ether oxygens (including phenoxy) is 1. The Hall–Kier alpha value is -4.20. The molecule has 0 aliphatic rings. The molecule has 2 heterocycles. The van der Waals surface area contributed by atoms with Gasteiger partial charge in [0, 0.05) is 36.4 Å². The number of rotatable bonds is 7. The zero-order valence-electron chi connectivity index (χ0n) is 23.2. The van der Waals surface area contributed by atoms with Crippen LogP contribution in [0.2, 0.25) is 0 Å². The summed E-state index contributed by atoms with van der Waals surface area (Å²) in [7, 11) is 1.88. The Morgan fingerprint density at radius 1 is 1.08 bits per heavy atom. The van der Waals surface area contributed by atoms with Crippen molar-refractivity contribution in [2.75, 3.05) is 17.7 Å². The van der Waals surface area contributed by atoms with E-state index in [2.05, 4.69) is 41.5 Å². The molecule has 4 rings (SSSR count). The largest absolute Gasteiger partial charge is 0.456 e. The summed E-state index contributed by atoms with van der Waals surface area (Å²) >= 11 is 0. The van der Waals surface area contributed by atoms with Crippen LogP contribution in [0.4, 0.5) is 11.4 Å².